The molecule has 0 radical (unpaired) electrons. The minimum atomic E-state index is -1.57. The average Bonchev–Trinajstić information content (AvgIpc) is 2.79. The first-order chi connectivity index (χ1) is 16.4. The fraction of sp³-hybridized carbons (Fsp3) is 0.333. The Balaban J connectivity index is 2.09. The third-order valence-electron chi connectivity index (χ3n) is 4.59. The maximum atomic E-state index is 12.7. The molecule has 0 saturated heterocycles. The van der Waals surface area contributed by atoms with Crippen LogP contribution in [0, 0.1) is 0 Å². The lowest BCUT2D eigenvalue weighted by atomic mass is 10.0. The summed E-state index contributed by atoms with van der Waals surface area (Å²) in [6.45, 7) is 3.66. The van der Waals surface area contributed by atoms with Crippen molar-refractivity contribution in [1.82, 2.24) is 10.6 Å². The van der Waals surface area contributed by atoms with E-state index in [1.807, 2.05) is 5.32 Å². The summed E-state index contributed by atoms with van der Waals surface area (Å²) < 4.78 is 5.21. The van der Waals surface area contributed by atoms with E-state index in [0.29, 0.717) is 11.3 Å². The lowest BCUT2D eigenvalue weighted by molar-refractivity contribution is -0.143. The molecule has 6 N–H and O–H groups in total. The maximum absolute atomic E-state index is 12.7. The van der Waals surface area contributed by atoms with Gasteiger partial charge in [0.25, 0.3) is 5.91 Å². The van der Waals surface area contributed by atoms with Crippen LogP contribution in [-0.2, 0) is 14.3 Å². The molecule has 0 heterocycles. The molecule has 0 fully saturated rings. The van der Waals surface area contributed by atoms with Gasteiger partial charge in [-0.2, -0.15) is 0 Å². The zero-order chi connectivity index (χ0) is 26.2. The second kappa shape index (κ2) is 12.0. The highest BCUT2D eigenvalue weighted by molar-refractivity contribution is 5.99. The summed E-state index contributed by atoms with van der Waals surface area (Å²) >= 11 is 0. The van der Waals surface area contributed by atoms with E-state index >= 15 is 0 Å². The molecule has 0 aliphatic rings. The second-order valence-corrected chi connectivity index (χ2v) is 8.58. The number of rotatable bonds is 9. The van der Waals surface area contributed by atoms with E-state index in [4.69, 9.17) is 14.9 Å². The smallest absolute Gasteiger partial charge is 0.412 e. The van der Waals surface area contributed by atoms with E-state index in [1.54, 1.807) is 63.2 Å². The van der Waals surface area contributed by atoms with Crippen LogP contribution in [-0.4, -0.2) is 70.1 Å². The number of hydrogen-bond acceptors (Lipinski definition) is 7. The molecular formula is C24H29N3O8. The molecule has 2 rings (SSSR count). The summed E-state index contributed by atoms with van der Waals surface area (Å²) in [6, 6.07) is 10.4. The van der Waals surface area contributed by atoms with Gasteiger partial charge >= 0.3 is 12.1 Å². The van der Waals surface area contributed by atoms with E-state index in [1.165, 1.54) is 6.07 Å². The number of amides is 3. The number of carboxylic acids is 1. The molecule has 35 heavy (non-hydrogen) atoms. The Morgan fingerprint density at radius 2 is 1.51 bits per heavy atom. The van der Waals surface area contributed by atoms with E-state index in [0.717, 1.165) is 5.56 Å². The quantitative estimate of drug-likeness (QED) is 0.307. The molecule has 0 bridgehead atoms. The Kier molecular flexibility index (Phi) is 9.32. The first kappa shape index (κ1) is 27.3. The predicted molar refractivity (Wildman–Crippen MR) is 127 cm³/mol. The van der Waals surface area contributed by atoms with Crippen molar-refractivity contribution in [3.8, 4) is 11.1 Å². The van der Waals surface area contributed by atoms with Crippen LogP contribution in [0.2, 0.25) is 0 Å². The molecule has 2 unspecified atom stereocenters. The Bertz CT molecular complexity index is 1060. The number of aliphatic hydroxyl groups excluding tert-OH is 2. The minimum Gasteiger partial charge on any atom is -0.480 e. The number of benzene rings is 2. The fourth-order valence-corrected chi connectivity index (χ4v) is 2.90. The van der Waals surface area contributed by atoms with Crippen molar-refractivity contribution in [3.63, 3.8) is 0 Å². The van der Waals surface area contributed by atoms with Gasteiger partial charge in [0.05, 0.1) is 13.2 Å². The van der Waals surface area contributed by atoms with Gasteiger partial charge in [0.1, 0.15) is 17.7 Å². The SMILES string of the molecule is CC(C)(C)OC(=O)Nc1ccc(-c2cccc(C(=O)NC(CO)C(=O)NC(CO)C(=O)O)c2)cc1. The number of carbonyl (C=O) groups is 4. The normalized spacial score (nSPS) is 12.7. The van der Waals surface area contributed by atoms with Crippen LogP contribution in [0.4, 0.5) is 10.5 Å². The number of aliphatic carboxylic acids is 1. The number of carbonyl (C=O) groups excluding carboxylic acids is 3. The molecular weight excluding hydrogens is 458 g/mol. The highest BCUT2D eigenvalue weighted by Gasteiger charge is 2.26. The summed E-state index contributed by atoms with van der Waals surface area (Å²) in [5.41, 5.74) is 1.52. The van der Waals surface area contributed by atoms with Gasteiger partial charge in [-0.25, -0.2) is 9.59 Å². The van der Waals surface area contributed by atoms with Crippen molar-refractivity contribution < 1.29 is 39.2 Å². The Hall–Kier alpha value is -3.96. The van der Waals surface area contributed by atoms with Crippen LogP contribution in [0.3, 0.4) is 0 Å². The highest BCUT2D eigenvalue weighted by Crippen LogP contribution is 2.23. The van der Waals surface area contributed by atoms with Crippen LogP contribution in [0.25, 0.3) is 11.1 Å². The van der Waals surface area contributed by atoms with Crippen molar-refractivity contribution in [3.05, 3.63) is 54.1 Å². The third-order valence-corrected chi connectivity index (χ3v) is 4.59. The molecule has 0 aliphatic carbocycles. The predicted octanol–water partition coefficient (Wildman–Crippen LogP) is 1.35. The summed E-state index contributed by atoms with van der Waals surface area (Å²) in [5.74, 6) is -3.07. The van der Waals surface area contributed by atoms with Crippen molar-refractivity contribution in [2.75, 3.05) is 18.5 Å². The zero-order valence-electron chi connectivity index (χ0n) is 19.6. The van der Waals surface area contributed by atoms with E-state index in [-0.39, 0.29) is 5.56 Å². The largest absolute Gasteiger partial charge is 0.480 e. The summed E-state index contributed by atoms with van der Waals surface area (Å²) in [4.78, 5) is 47.7. The fourth-order valence-electron chi connectivity index (χ4n) is 2.90. The molecule has 2 aromatic carbocycles. The van der Waals surface area contributed by atoms with Crippen LogP contribution in [0.15, 0.2) is 48.5 Å². The first-order valence-electron chi connectivity index (χ1n) is 10.7. The molecule has 0 aliphatic heterocycles. The number of hydrogen-bond donors (Lipinski definition) is 6. The minimum absolute atomic E-state index is 0.196. The second-order valence-electron chi connectivity index (χ2n) is 8.58. The molecule has 11 nitrogen and oxygen atoms in total. The van der Waals surface area contributed by atoms with Gasteiger partial charge in [-0.05, 0) is 56.2 Å². The third kappa shape index (κ3) is 8.40. The number of nitrogens with one attached hydrogen (secondary N) is 3. The number of carboxylic acid groups (broad SMARTS) is 1. The average molecular weight is 488 g/mol. The van der Waals surface area contributed by atoms with Crippen molar-refractivity contribution in [2.24, 2.45) is 0 Å². The van der Waals surface area contributed by atoms with E-state index in [9.17, 15) is 24.3 Å². The number of ether oxygens (including phenoxy) is 1. The topological polar surface area (TPSA) is 174 Å². The standard InChI is InChI=1S/C24H29N3O8/c1-24(2,3)35-23(34)25-17-9-7-14(8-10-17)15-5-4-6-16(11-15)20(30)26-18(12-28)21(31)27-19(13-29)22(32)33/h4-11,18-19,28-29H,12-13H2,1-3H3,(H,25,34)(H,26,30)(H,27,31)(H,32,33). The Morgan fingerprint density at radius 1 is 0.886 bits per heavy atom. The molecule has 11 heteroatoms. The molecule has 3 amide bonds. The number of aliphatic hydroxyl groups is 2. The molecule has 188 valence electrons. The number of anilines is 1. The van der Waals surface area contributed by atoms with Crippen LogP contribution in [0.1, 0.15) is 31.1 Å². The lowest BCUT2D eigenvalue weighted by Gasteiger charge is -2.19. The van der Waals surface area contributed by atoms with Gasteiger partial charge in [0.15, 0.2) is 0 Å². The summed E-state index contributed by atoms with van der Waals surface area (Å²) in [6.07, 6.45) is -0.583. The Labute approximate surface area is 202 Å². The molecule has 2 aromatic rings. The summed E-state index contributed by atoms with van der Waals surface area (Å²) in [7, 11) is 0. The zero-order valence-corrected chi connectivity index (χ0v) is 19.6. The van der Waals surface area contributed by atoms with Gasteiger partial charge in [-0.15, -0.1) is 0 Å². The van der Waals surface area contributed by atoms with Crippen LogP contribution < -0.4 is 16.0 Å². The van der Waals surface area contributed by atoms with Crippen molar-refractivity contribution in [2.45, 2.75) is 38.5 Å². The van der Waals surface area contributed by atoms with E-state index in [2.05, 4.69) is 10.6 Å². The Morgan fingerprint density at radius 3 is 2.06 bits per heavy atom. The van der Waals surface area contributed by atoms with Crippen LogP contribution >= 0.6 is 0 Å². The molecule has 0 spiro atoms. The van der Waals surface area contributed by atoms with Gasteiger partial charge < -0.3 is 30.7 Å². The first-order valence-corrected chi connectivity index (χ1v) is 10.7. The van der Waals surface area contributed by atoms with Gasteiger partial charge in [-0.3, -0.25) is 14.9 Å². The molecule has 0 aromatic heterocycles. The van der Waals surface area contributed by atoms with Crippen LogP contribution in [0.5, 0.6) is 0 Å². The van der Waals surface area contributed by atoms with Gasteiger partial charge in [0.2, 0.25) is 5.91 Å². The summed E-state index contributed by atoms with van der Waals surface area (Å²) in [5, 5.41) is 34.4. The van der Waals surface area contributed by atoms with Crippen molar-refractivity contribution in [1.29, 1.82) is 0 Å². The van der Waals surface area contributed by atoms with Crippen molar-refractivity contribution >= 4 is 29.6 Å². The molecule has 0 saturated carbocycles. The maximum Gasteiger partial charge on any atom is 0.412 e. The lowest BCUT2D eigenvalue weighted by Crippen LogP contribution is -2.54. The monoisotopic (exact) mass is 487 g/mol. The highest BCUT2D eigenvalue weighted by atomic mass is 16.6. The van der Waals surface area contributed by atoms with Gasteiger partial charge in [-0.1, -0.05) is 24.3 Å². The molecule has 2 atom stereocenters. The van der Waals surface area contributed by atoms with Gasteiger partial charge in [0, 0.05) is 11.3 Å². The van der Waals surface area contributed by atoms with E-state index < -0.39 is 54.8 Å².